The number of nitriles is 3. The van der Waals surface area contributed by atoms with Crippen LogP contribution in [0.25, 0.3) is 0 Å². The van der Waals surface area contributed by atoms with Crippen molar-refractivity contribution in [1.82, 2.24) is 14.7 Å². The Morgan fingerprint density at radius 2 is 0.583 bits per heavy atom. The van der Waals surface area contributed by atoms with Gasteiger partial charge in [-0.15, -0.1) is 0 Å². The van der Waals surface area contributed by atoms with Crippen LogP contribution in [0, 0.1) is 34.0 Å². The van der Waals surface area contributed by atoms with E-state index >= 15 is 0 Å². The van der Waals surface area contributed by atoms with Gasteiger partial charge in [0, 0.05) is 47.0 Å². The van der Waals surface area contributed by atoms with Crippen LogP contribution in [0.3, 0.4) is 0 Å². The van der Waals surface area contributed by atoms with E-state index in [9.17, 15) is 50.4 Å². The molecule has 6 nitrogen and oxygen atoms in total. The molecule has 0 spiro atoms. The number of rotatable bonds is 6. The van der Waals surface area contributed by atoms with E-state index in [1.165, 1.54) is 20.8 Å². The first-order valence-corrected chi connectivity index (χ1v) is 12.8. The summed E-state index contributed by atoms with van der Waals surface area (Å²) in [6.07, 6.45) is 0. The Bertz CT molecular complexity index is 570. The average Bonchev–Trinajstić information content (AvgIpc) is 2.47. The van der Waals surface area contributed by atoms with Gasteiger partial charge in [0.1, 0.15) is 0 Å². The van der Waals surface area contributed by atoms with E-state index in [2.05, 4.69) is 49.9 Å². The van der Waals surface area contributed by atoms with Gasteiger partial charge >= 0.3 is 82.5 Å². The molecule has 36 heavy (non-hydrogen) atoms. The van der Waals surface area contributed by atoms with Crippen LogP contribution >= 0.6 is 15.6 Å². The van der Waals surface area contributed by atoms with E-state index in [0.717, 1.165) is 26.2 Å². The summed E-state index contributed by atoms with van der Waals surface area (Å²) < 4.78 is 118. The third-order valence-corrected chi connectivity index (χ3v) is 1.86. The Morgan fingerprint density at radius 3 is 0.667 bits per heavy atom. The normalized spacial score (nSPS) is 13.7. The second-order valence-corrected chi connectivity index (χ2v) is 10.3. The van der Waals surface area contributed by atoms with Crippen LogP contribution in [-0.2, 0) is 16.5 Å². The zero-order valence-corrected chi connectivity index (χ0v) is 23.5. The number of halogens is 12. The molecule has 226 valence electrons. The fraction of sp³-hybridized carbons (Fsp3) is 0.800. The molecule has 0 amide bonds. The van der Waals surface area contributed by atoms with Crippen LogP contribution in [0.4, 0.5) is 50.4 Å². The monoisotopic (exact) mass is 644 g/mol. The molecule has 0 rings (SSSR count). The summed E-state index contributed by atoms with van der Waals surface area (Å²) in [5.74, 6) is 0. The van der Waals surface area contributed by atoms with Gasteiger partial charge in [0.15, 0.2) is 0 Å². The zero-order valence-electron chi connectivity index (χ0n) is 20.8. The Hall–Kier alpha value is -1.14. The van der Waals surface area contributed by atoms with Crippen molar-refractivity contribution in [3.8, 4) is 18.2 Å². The minimum Gasteiger partial charge on any atom is 2.00 e. The molecule has 0 bridgehead atoms. The van der Waals surface area contributed by atoms with Gasteiger partial charge in [-0.05, 0) is 35.2 Å². The third kappa shape index (κ3) is 425. The van der Waals surface area contributed by atoms with E-state index in [0.29, 0.717) is 0 Å². The van der Waals surface area contributed by atoms with Gasteiger partial charge in [0.05, 0.1) is 18.2 Å². The van der Waals surface area contributed by atoms with Crippen LogP contribution in [0.5, 0.6) is 0 Å². The van der Waals surface area contributed by atoms with Crippen LogP contribution in [0.15, 0.2) is 0 Å². The van der Waals surface area contributed by atoms with Crippen molar-refractivity contribution < 1.29 is 66.9 Å². The summed E-state index contributed by atoms with van der Waals surface area (Å²) in [6.45, 7) is 8.88. The predicted molar refractivity (Wildman–Crippen MR) is 116 cm³/mol. The van der Waals surface area contributed by atoms with E-state index in [1.54, 1.807) is 18.2 Å². The molecule has 0 unspecified atom stereocenters. The first-order chi connectivity index (χ1) is 14.7. The molecule has 0 aromatic carbocycles. The SMILES string of the molecule is CC#N.CC#N.CC#N.CN(C)CCN(C)CCN(C)C.F[P-](F)(F)(F)(F)F.F[P-](F)(F)(F)(F)F.[Ni+2]. The quantitative estimate of drug-likeness (QED) is 0.164. The van der Waals surface area contributed by atoms with Gasteiger partial charge in [-0.1, -0.05) is 0 Å². The van der Waals surface area contributed by atoms with Gasteiger partial charge < -0.3 is 14.7 Å². The number of hydrogen-bond acceptors (Lipinski definition) is 6. The van der Waals surface area contributed by atoms with Crippen LogP contribution in [0.1, 0.15) is 20.8 Å². The van der Waals surface area contributed by atoms with Crippen LogP contribution < -0.4 is 0 Å². The Morgan fingerprint density at radius 1 is 0.472 bits per heavy atom. The second kappa shape index (κ2) is 18.2. The number of likely N-dealkylation sites (N-methyl/N-ethyl adjacent to an activating group) is 3. The molecular formula is C15H32F12N6NiP2. The summed E-state index contributed by atoms with van der Waals surface area (Å²) >= 11 is 0. The van der Waals surface area contributed by atoms with Gasteiger partial charge in [-0.3, -0.25) is 0 Å². The molecule has 0 aliphatic carbocycles. The largest absolute Gasteiger partial charge is 2.00 e. The van der Waals surface area contributed by atoms with Gasteiger partial charge in [0.25, 0.3) is 0 Å². The molecule has 0 saturated heterocycles. The standard InChI is InChI=1S/C9H23N3.3C2H3N.2F6P.Ni/c1-10(2)6-8-12(5)9-7-11(3)4;3*1-2-3;2*1-7(2,3,4,5)6;/h6-9H2,1-5H3;3*1H3;;;/q;;;;2*-1;+2. The van der Waals surface area contributed by atoms with Crippen LogP contribution in [-0.4, -0.2) is 76.1 Å². The minimum atomic E-state index is -10.7. The molecule has 0 radical (unpaired) electrons. The first kappa shape index (κ1) is 51.5. The van der Waals surface area contributed by atoms with E-state index in [4.69, 9.17) is 15.8 Å². The fourth-order valence-corrected chi connectivity index (χ4v) is 0.853. The van der Waals surface area contributed by atoms with Crippen molar-refractivity contribution >= 4 is 15.6 Å². The molecule has 0 aliphatic rings. The molecule has 0 heterocycles. The Labute approximate surface area is 213 Å². The molecule has 0 fully saturated rings. The summed E-state index contributed by atoms with van der Waals surface area (Å²) in [5.41, 5.74) is 0. The smallest absolute Gasteiger partial charge is 2.00 e. The summed E-state index contributed by atoms with van der Waals surface area (Å²) in [6, 6.07) is 5.25. The van der Waals surface area contributed by atoms with E-state index in [1.807, 2.05) is 0 Å². The minimum absolute atomic E-state index is 0. The van der Waals surface area contributed by atoms with Crippen molar-refractivity contribution in [3.63, 3.8) is 0 Å². The second-order valence-electron chi connectivity index (χ2n) is 6.50. The van der Waals surface area contributed by atoms with Crippen molar-refractivity contribution in [3.05, 3.63) is 0 Å². The average molecular weight is 645 g/mol. The number of hydrogen-bond donors (Lipinski definition) is 0. The molecule has 0 aromatic heterocycles. The summed E-state index contributed by atoms with van der Waals surface area (Å²) in [4.78, 5) is 6.79. The molecule has 0 saturated carbocycles. The maximum atomic E-state index is 9.87. The topological polar surface area (TPSA) is 81.1 Å². The summed E-state index contributed by atoms with van der Waals surface area (Å²) in [5, 5.41) is 22.0. The molecule has 0 aliphatic heterocycles. The maximum Gasteiger partial charge on any atom is 2.00 e. The zero-order chi connectivity index (χ0) is 30.5. The van der Waals surface area contributed by atoms with Gasteiger partial charge in [-0.25, -0.2) is 0 Å². The van der Waals surface area contributed by atoms with Crippen molar-refractivity contribution in [2.75, 3.05) is 61.4 Å². The Kier molecular flexibility index (Phi) is 26.0. The Balaban J connectivity index is -0.0000000611. The maximum absolute atomic E-state index is 10.7. The third-order valence-electron chi connectivity index (χ3n) is 1.86. The van der Waals surface area contributed by atoms with Gasteiger partial charge in [0.2, 0.25) is 0 Å². The molecule has 0 atom stereocenters. The molecule has 0 N–H and O–H groups in total. The fourth-order valence-electron chi connectivity index (χ4n) is 0.853. The number of nitrogens with zero attached hydrogens (tertiary/aromatic N) is 6. The summed E-state index contributed by atoms with van der Waals surface area (Å²) in [7, 11) is -10.7. The van der Waals surface area contributed by atoms with Crippen molar-refractivity contribution in [2.24, 2.45) is 0 Å². The molecule has 0 aromatic rings. The predicted octanol–water partition coefficient (Wildman–Crippen LogP) is 8.39. The van der Waals surface area contributed by atoms with Crippen molar-refractivity contribution in [2.45, 2.75) is 20.8 Å². The molecular weight excluding hydrogens is 613 g/mol. The van der Waals surface area contributed by atoms with E-state index in [-0.39, 0.29) is 16.5 Å². The van der Waals surface area contributed by atoms with Crippen LogP contribution in [0.2, 0.25) is 0 Å². The molecule has 21 heteroatoms. The van der Waals surface area contributed by atoms with Gasteiger partial charge in [-0.2, -0.15) is 15.8 Å². The van der Waals surface area contributed by atoms with Crippen molar-refractivity contribution in [1.29, 1.82) is 15.8 Å². The first-order valence-electron chi connectivity index (χ1n) is 8.70. The van der Waals surface area contributed by atoms with E-state index < -0.39 is 15.6 Å².